The predicted molar refractivity (Wildman–Crippen MR) is 71.4 cm³/mol. The van der Waals surface area contributed by atoms with Gasteiger partial charge in [-0.15, -0.1) is 0 Å². The van der Waals surface area contributed by atoms with Gasteiger partial charge in [0.2, 0.25) is 0 Å². The summed E-state index contributed by atoms with van der Waals surface area (Å²) in [7, 11) is 0. The zero-order valence-electron chi connectivity index (χ0n) is 10.6. The fourth-order valence-electron chi connectivity index (χ4n) is 2.45. The van der Waals surface area contributed by atoms with Gasteiger partial charge in [0.05, 0.1) is 5.69 Å². The fraction of sp³-hybridized carbons (Fsp3) is 0.429. The van der Waals surface area contributed by atoms with E-state index in [9.17, 15) is 0 Å². The summed E-state index contributed by atoms with van der Waals surface area (Å²) >= 11 is 0. The Kier molecular flexibility index (Phi) is 3.11. The van der Waals surface area contributed by atoms with Gasteiger partial charge in [0.25, 0.3) is 0 Å². The molecule has 0 radical (unpaired) electrons. The summed E-state index contributed by atoms with van der Waals surface area (Å²) in [6, 6.07) is 6.27. The largest absolute Gasteiger partial charge is 0.317 e. The van der Waals surface area contributed by atoms with Crippen molar-refractivity contribution < 1.29 is 0 Å². The van der Waals surface area contributed by atoms with Crippen LogP contribution >= 0.6 is 0 Å². The molecule has 3 heterocycles. The molecular formula is C14H18N4. The molecular weight excluding hydrogens is 224 g/mol. The number of nitrogens with zero attached hydrogens (tertiary/aromatic N) is 2. The maximum absolute atomic E-state index is 4.41. The molecule has 1 fully saturated rings. The Morgan fingerprint density at radius 2 is 2.06 bits per heavy atom. The van der Waals surface area contributed by atoms with Gasteiger partial charge in [0.1, 0.15) is 0 Å². The second kappa shape index (κ2) is 4.90. The van der Waals surface area contributed by atoms with Crippen LogP contribution in [0.4, 0.5) is 0 Å². The normalized spacial score (nSPS) is 16.9. The van der Waals surface area contributed by atoms with Crippen LogP contribution in [0.15, 0.2) is 24.4 Å². The third-order valence-electron chi connectivity index (χ3n) is 3.58. The molecule has 0 amide bonds. The summed E-state index contributed by atoms with van der Waals surface area (Å²) in [4.78, 5) is 4.31. The molecule has 1 aliphatic rings. The van der Waals surface area contributed by atoms with Gasteiger partial charge in [-0.25, -0.2) is 0 Å². The molecule has 0 atom stereocenters. The lowest BCUT2D eigenvalue weighted by Gasteiger charge is -2.20. The molecule has 0 aromatic carbocycles. The number of aromatic nitrogens is 3. The first kappa shape index (κ1) is 11.4. The van der Waals surface area contributed by atoms with Crippen molar-refractivity contribution >= 4 is 0 Å². The Hall–Kier alpha value is -1.68. The molecule has 0 spiro atoms. The first-order valence-corrected chi connectivity index (χ1v) is 6.52. The van der Waals surface area contributed by atoms with Crippen LogP contribution in [0.3, 0.4) is 0 Å². The topological polar surface area (TPSA) is 53.6 Å². The van der Waals surface area contributed by atoms with Crippen LogP contribution in [0.2, 0.25) is 0 Å². The molecule has 18 heavy (non-hydrogen) atoms. The molecule has 4 nitrogen and oxygen atoms in total. The molecule has 3 rings (SSSR count). The number of aryl methyl sites for hydroxylation is 1. The Morgan fingerprint density at radius 3 is 2.78 bits per heavy atom. The van der Waals surface area contributed by atoms with E-state index in [1.54, 1.807) is 0 Å². The third-order valence-corrected chi connectivity index (χ3v) is 3.58. The van der Waals surface area contributed by atoms with E-state index in [0.29, 0.717) is 5.92 Å². The first-order valence-electron chi connectivity index (χ1n) is 6.52. The molecule has 94 valence electrons. The maximum Gasteiger partial charge on any atom is 0.0939 e. The van der Waals surface area contributed by atoms with Crippen molar-refractivity contribution in [3.8, 4) is 11.3 Å². The SMILES string of the molecule is Cc1ccc(-c2cc(C3CCNCC3)[nH]n2)cn1. The van der Waals surface area contributed by atoms with Crippen molar-refractivity contribution in [1.29, 1.82) is 0 Å². The van der Waals surface area contributed by atoms with Crippen LogP contribution in [-0.2, 0) is 0 Å². The minimum atomic E-state index is 0.617. The number of pyridine rings is 1. The van der Waals surface area contributed by atoms with Gasteiger partial charge in [0, 0.05) is 29.1 Å². The molecule has 0 saturated carbocycles. The highest BCUT2D eigenvalue weighted by atomic mass is 15.1. The number of nitrogens with one attached hydrogen (secondary N) is 2. The van der Waals surface area contributed by atoms with Crippen LogP contribution < -0.4 is 5.32 Å². The zero-order valence-corrected chi connectivity index (χ0v) is 10.6. The summed E-state index contributed by atoms with van der Waals surface area (Å²) in [5.41, 5.74) is 4.37. The van der Waals surface area contributed by atoms with E-state index in [1.807, 2.05) is 19.2 Å². The van der Waals surface area contributed by atoms with Crippen molar-refractivity contribution in [2.75, 3.05) is 13.1 Å². The van der Waals surface area contributed by atoms with Crippen LogP contribution in [0.5, 0.6) is 0 Å². The summed E-state index contributed by atoms with van der Waals surface area (Å²) in [6.45, 7) is 4.20. The second-order valence-electron chi connectivity index (χ2n) is 4.92. The van der Waals surface area contributed by atoms with E-state index < -0.39 is 0 Å². The predicted octanol–water partition coefficient (Wildman–Crippen LogP) is 2.25. The van der Waals surface area contributed by atoms with E-state index in [2.05, 4.69) is 32.6 Å². The summed E-state index contributed by atoms with van der Waals surface area (Å²) in [6.07, 6.45) is 4.26. The minimum absolute atomic E-state index is 0.617. The van der Waals surface area contributed by atoms with E-state index in [0.717, 1.165) is 30.0 Å². The lowest BCUT2D eigenvalue weighted by molar-refractivity contribution is 0.453. The quantitative estimate of drug-likeness (QED) is 0.849. The standard InChI is InChI=1S/C14H18N4/c1-10-2-3-12(9-16-10)14-8-13(17-18-14)11-4-6-15-7-5-11/h2-3,8-9,11,15H,4-7H2,1H3,(H,17,18). The number of aromatic amines is 1. The Balaban J connectivity index is 1.82. The lowest BCUT2D eigenvalue weighted by atomic mass is 9.94. The van der Waals surface area contributed by atoms with E-state index in [4.69, 9.17) is 0 Å². The second-order valence-corrected chi connectivity index (χ2v) is 4.92. The van der Waals surface area contributed by atoms with Crippen LogP contribution in [0.1, 0.15) is 30.1 Å². The van der Waals surface area contributed by atoms with Crippen LogP contribution in [0, 0.1) is 6.92 Å². The fourth-order valence-corrected chi connectivity index (χ4v) is 2.45. The van der Waals surface area contributed by atoms with E-state index >= 15 is 0 Å². The molecule has 1 aliphatic heterocycles. The van der Waals surface area contributed by atoms with Gasteiger partial charge in [-0.05, 0) is 51.1 Å². The molecule has 4 heteroatoms. The van der Waals surface area contributed by atoms with Gasteiger partial charge in [-0.1, -0.05) is 0 Å². The van der Waals surface area contributed by atoms with Crippen molar-refractivity contribution in [3.05, 3.63) is 35.8 Å². The number of hydrogen-bond donors (Lipinski definition) is 2. The highest BCUT2D eigenvalue weighted by molar-refractivity contribution is 5.58. The average molecular weight is 242 g/mol. The number of H-pyrrole nitrogens is 1. The molecule has 0 unspecified atom stereocenters. The molecule has 0 bridgehead atoms. The minimum Gasteiger partial charge on any atom is -0.317 e. The lowest BCUT2D eigenvalue weighted by Crippen LogP contribution is -2.26. The van der Waals surface area contributed by atoms with Crippen LogP contribution in [0.25, 0.3) is 11.3 Å². The van der Waals surface area contributed by atoms with E-state index in [-0.39, 0.29) is 0 Å². The Labute approximate surface area is 107 Å². The van der Waals surface area contributed by atoms with Crippen molar-refractivity contribution in [3.63, 3.8) is 0 Å². The van der Waals surface area contributed by atoms with E-state index in [1.165, 1.54) is 18.5 Å². The molecule has 0 aliphatic carbocycles. The van der Waals surface area contributed by atoms with Crippen molar-refractivity contribution in [2.24, 2.45) is 0 Å². The Morgan fingerprint density at radius 1 is 1.22 bits per heavy atom. The van der Waals surface area contributed by atoms with Crippen LogP contribution in [-0.4, -0.2) is 28.3 Å². The zero-order chi connectivity index (χ0) is 12.4. The summed E-state index contributed by atoms with van der Waals surface area (Å²) in [5.74, 6) is 0.617. The Bertz CT molecular complexity index is 509. The van der Waals surface area contributed by atoms with Gasteiger partial charge in [-0.2, -0.15) is 5.10 Å². The molecule has 2 aromatic rings. The van der Waals surface area contributed by atoms with Gasteiger partial charge in [0.15, 0.2) is 0 Å². The number of piperidine rings is 1. The first-order chi connectivity index (χ1) is 8.83. The third kappa shape index (κ3) is 2.29. The van der Waals surface area contributed by atoms with Crippen molar-refractivity contribution in [1.82, 2.24) is 20.5 Å². The summed E-state index contributed by atoms with van der Waals surface area (Å²) in [5, 5.41) is 11.0. The molecule has 2 N–H and O–H groups in total. The highest BCUT2D eigenvalue weighted by Gasteiger charge is 2.17. The smallest absolute Gasteiger partial charge is 0.0939 e. The molecule has 1 saturated heterocycles. The average Bonchev–Trinajstić information content (AvgIpc) is 2.90. The number of hydrogen-bond acceptors (Lipinski definition) is 3. The van der Waals surface area contributed by atoms with Crippen molar-refractivity contribution in [2.45, 2.75) is 25.7 Å². The van der Waals surface area contributed by atoms with Gasteiger partial charge >= 0.3 is 0 Å². The molecule has 2 aromatic heterocycles. The summed E-state index contributed by atoms with van der Waals surface area (Å²) < 4.78 is 0. The van der Waals surface area contributed by atoms with Gasteiger partial charge < -0.3 is 5.32 Å². The van der Waals surface area contributed by atoms with Gasteiger partial charge in [-0.3, -0.25) is 10.1 Å². The monoisotopic (exact) mass is 242 g/mol. The maximum atomic E-state index is 4.41. The number of rotatable bonds is 2. The highest BCUT2D eigenvalue weighted by Crippen LogP contribution is 2.26.